The summed E-state index contributed by atoms with van der Waals surface area (Å²) in [6.45, 7) is 1.59. The van der Waals surface area contributed by atoms with Crippen LogP contribution in [0.25, 0.3) is 0 Å². The van der Waals surface area contributed by atoms with Gasteiger partial charge in [0.05, 0.1) is 20.3 Å². The highest BCUT2D eigenvalue weighted by Gasteiger charge is 2.19. The average Bonchev–Trinajstić information content (AvgIpc) is 2.13. The fraction of sp³-hybridized carbons (Fsp3) is 1.00. The van der Waals surface area contributed by atoms with Crippen LogP contribution >= 0.6 is 8.60 Å². The Labute approximate surface area is 56.3 Å². The molecule has 0 aliphatic carbocycles. The van der Waals surface area contributed by atoms with Crippen LogP contribution in [0.15, 0.2) is 0 Å². The monoisotopic (exact) mass is 151 g/mol. The molecule has 0 aromatic carbocycles. The second-order valence-electron chi connectivity index (χ2n) is 1.86. The van der Waals surface area contributed by atoms with E-state index in [1.54, 1.807) is 7.11 Å². The third kappa shape index (κ3) is 2.59. The van der Waals surface area contributed by atoms with Crippen molar-refractivity contribution in [3.63, 3.8) is 0 Å². The van der Waals surface area contributed by atoms with Gasteiger partial charge >= 0.3 is 8.60 Å². The first-order chi connectivity index (χ1) is 4.43. The van der Waals surface area contributed by atoms with E-state index < -0.39 is 8.60 Å². The predicted molar refractivity (Wildman–Crippen MR) is 36.5 cm³/mol. The maximum absolute atomic E-state index is 5.21. The molecule has 4 heteroatoms. The van der Waals surface area contributed by atoms with Gasteiger partial charge in [0.25, 0.3) is 0 Å². The minimum Gasteiger partial charge on any atom is -0.183 e. The molecular formula is C5H12O3P+. The van der Waals surface area contributed by atoms with Crippen molar-refractivity contribution in [2.45, 2.75) is 12.8 Å². The van der Waals surface area contributed by atoms with E-state index >= 15 is 0 Å². The lowest BCUT2D eigenvalue weighted by atomic mass is 10.3. The second-order valence-corrected chi connectivity index (χ2v) is 3.34. The summed E-state index contributed by atoms with van der Waals surface area (Å²) >= 11 is 0. The van der Waals surface area contributed by atoms with Gasteiger partial charge in [-0.2, -0.15) is 13.6 Å². The molecule has 1 aliphatic heterocycles. The Morgan fingerprint density at radius 2 is 1.78 bits per heavy atom. The van der Waals surface area contributed by atoms with Crippen molar-refractivity contribution in [1.29, 1.82) is 0 Å². The predicted octanol–water partition coefficient (Wildman–Crippen LogP) is 1.42. The highest BCUT2D eigenvalue weighted by molar-refractivity contribution is 7.41. The average molecular weight is 151 g/mol. The van der Waals surface area contributed by atoms with E-state index in [2.05, 4.69) is 0 Å². The first-order valence-corrected chi connectivity index (χ1v) is 4.32. The van der Waals surface area contributed by atoms with Crippen LogP contribution in [-0.2, 0) is 13.6 Å². The van der Waals surface area contributed by atoms with Gasteiger partial charge < -0.3 is 0 Å². The third-order valence-electron chi connectivity index (χ3n) is 1.15. The first-order valence-electron chi connectivity index (χ1n) is 3.10. The van der Waals surface area contributed by atoms with Gasteiger partial charge in [-0.3, -0.25) is 0 Å². The summed E-state index contributed by atoms with van der Waals surface area (Å²) in [4.78, 5) is 0. The standard InChI is InChI=1S/C5H12O3P/c1-6-9-7-4-2-3-5-8-9/h9H,2-5H2,1H3/q+1. The summed E-state index contributed by atoms with van der Waals surface area (Å²) in [5, 5.41) is 0. The van der Waals surface area contributed by atoms with E-state index in [9.17, 15) is 0 Å². The maximum Gasteiger partial charge on any atom is 0.397 e. The smallest absolute Gasteiger partial charge is 0.183 e. The van der Waals surface area contributed by atoms with E-state index in [0.29, 0.717) is 0 Å². The minimum atomic E-state index is -1.32. The molecule has 0 aromatic heterocycles. The molecule has 3 nitrogen and oxygen atoms in total. The Morgan fingerprint density at radius 3 is 2.22 bits per heavy atom. The molecule has 0 N–H and O–H groups in total. The summed E-state index contributed by atoms with van der Waals surface area (Å²) in [6.07, 6.45) is 2.19. The Balaban J connectivity index is 2.18. The quantitative estimate of drug-likeness (QED) is 0.530. The molecule has 0 amide bonds. The molecule has 0 aromatic rings. The Kier molecular flexibility index (Phi) is 3.44. The summed E-state index contributed by atoms with van der Waals surface area (Å²) in [5.74, 6) is 0. The Morgan fingerprint density at radius 1 is 1.22 bits per heavy atom. The van der Waals surface area contributed by atoms with Crippen LogP contribution in [0.5, 0.6) is 0 Å². The Bertz CT molecular complexity index is 70.6. The molecule has 9 heavy (non-hydrogen) atoms. The van der Waals surface area contributed by atoms with Gasteiger partial charge in [-0.15, -0.1) is 0 Å². The molecule has 0 atom stereocenters. The van der Waals surface area contributed by atoms with Crippen LogP contribution in [0.1, 0.15) is 12.8 Å². The van der Waals surface area contributed by atoms with E-state index in [1.807, 2.05) is 0 Å². The van der Waals surface area contributed by atoms with Crippen LogP contribution in [0.3, 0.4) is 0 Å². The van der Waals surface area contributed by atoms with Gasteiger partial charge in [0, 0.05) is 0 Å². The summed E-state index contributed by atoms with van der Waals surface area (Å²) in [7, 11) is 0.301. The van der Waals surface area contributed by atoms with Crippen LogP contribution in [-0.4, -0.2) is 20.3 Å². The largest absolute Gasteiger partial charge is 0.397 e. The zero-order valence-corrected chi connectivity index (χ0v) is 6.55. The lowest BCUT2D eigenvalue weighted by Gasteiger charge is -1.98. The fourth-order valence-corrected chi connectivity index (χ4v) is 1.62. The van der Waals surface area contributed by atoms with E-state index in [0.717, 1.165) is 26.1 Å². The molecule has 54 valence electrons. The molecule has 0 saturated carbocycles. The SMILES string of the molecule is CO[PH+]1OCCCCO1. The number of rotatable bonds is 1. The van der Waals surface area contributed by atoms with Crippen molar-refractivity contribution in [3.05, 3.63) is 0 Å². The van der Waals surface area contributed by atoms with Crippen molar-refractivity contribution in [3.8, 4) is 0 Å². The molecule has 1 aliphatic rings. The van der Waals surface area contributed by atoms with Crippen molar-refractivity contribution < 1.29 is 13.6 Å². The van der Waals surface area contributed by atoms with Gasteiger partial charge in [-0.05, 0) is 12.8 Å². The maximum atomic E-state index is 5.21. The van der Waals surface area contributed by atoms with E-state index in [1.165, 1.54) is 0 Å². The van der Waals surface area contributed by atoms with Crippen LogP contribution in [0.2, 0.25) is 0 Å². The highest BCUT2D eigenvalue weighted by Crippen LogP contribution is 2.40. The number of hydrogen-bond acceptors (Lipinski definition) is 3. The zero-order chi connectivity index (χ0) is 6.53. The summed E-state index contributed by atoms with van der Waals surface area (Å²) in [5.41, 5.74) is 0. The molecule has 0 bridgehead atoms. The van der Waals surface area contributed by atoms with Crippen LogP contribution in [0.4, 0.5) is 0 Å². The van der Waals surface area contributed by atoms with Gasteiger partial charge in [-0.25, -0.2) is 0 Å². The lowest BCUT2D eigenvalue weighted by Crippen LogP contribution is -1.87. The second kappa shape index (κ2) is 4.18. The molecule has 1 heterocycles. The lowest BCUT2D eigenvalue weighted by molar-refractivity contribution is 0.209. The van der Waals surface area contributed by atoms with Gasteiger partial charge in [-0.1, -0.05) is 0 Å². The van der Waals surface area contributed by atoms with Crippen molar-refractivity contribution in [2.24, 2.45) is 0 Å². The van der Waals surface area contributed by atoms with Gasteiger partial charge in [0.15, 0.2) is 0 Å². The molecule has 0 spiro atoms. The van der Waals surface area contributed by atoms with E-state index in [4.69, 9.17) is 13.6 Å². The van der Waals surface area contributed by atoms with Crippen LogP contribution < -0.4 is 0 Å². The molecule has 1 rings (SSSR count). The molecule has 0 unspecified atom stereocenters. The van der Waals surface area contributed by atoms with Crippen molar-refractivity contribution in [2.75, 3.05) is 20.3 Å². The normalized spacial score (nSPS) is 23.7. The minimum absolute atomic E-state index is 0.794. The van der Waals surface area contributed by atoms with Gasteiger partial charge in [0.1, 0.15) is 0 Å². The molecular weight excluding hydrogens is 139 g/mol. The Hall–Kier alpha value is 0.310. The van der Waals surface area contributed by atoms with Crippen molar-refractivity contribution in [1.82, 2.24) is 0 Å². The van der Waals surface area contributed by atoms with Crippen molar-refractivity contribution >= 4 is 8.60 Å². The molecule has 1 saturated heterocycles. The van der Waals surface area contributed by atoms with E-state index in [-0.39, 0.29) is 0 Å². The topological polar surface area (TPSA) is 27.7 Å². The fourth-order valence-electron chi connectivity index (χ4n) is 0.675. The summed E-state index contributed by atoms with van der Waals surface area (Å²) in [6, 6.07) is 0. The van der Waals surface area contributed by atoms with Gasteiger partial charge in [0.2, 0.25) is 0 Å². The highest BCUT2D eigenvalue weighted by atomic mass is 31.2. The number of hydrogen-bond donors (Lipinski definition) is 0. The summed E-state index contributed by atoms with van der Waals surface area (Å²) < 4.78 is 15.3. The zero-order valence-electron chi connectivity index (χ0n) is 5.55. The molecule has 0 radical (unpaired) electrons. The first kappa shape index (κ1) is 7.42. The molecule has 1 fully saturated rings. The third-order valence-corrected chi connectivity index (χ3v) is 2.36. The van der Waals surface area contributed by atoms with Crippen LogP contribution in [0, 0.1) is 0 Å².